The Morgan fingerprint density at radius 2 is 2.00 bits per heavy atom. The van der Waals surface area contributed by atoms with Gasteiger partial charge in [-0.25, -0.2) is 0 Å². The van der Waals surface area contributed by atoms with E-state index in [-0.39, 0.29) is 24.3 Å². The van der Waals surface area contributed by atoms with Gasteiger partial charge in [0, 0.05) is 50.3 Å². The monoisotopic (exact) mass is 544 g/mol. The fraction of sp³-hybridized carbons (Fsp3) is 0.433. The second-order valence-corrected chi connectivity index (χ2v) is 10.9. The molecule has 40 heavy (non-hydrogen) atoms. The molecule has 210 valence electrons. The fourth-order valence-corrected chi connectivity index (χ4v) is 5.81. The number of benzene rings is 2. The van der Waals surface area contributed by atoms with Gasteiger partial charge in [0.25, 0.3) is 0 Å². The number of likely N-dealkylation sites (tertiary alicyclic amines) is 1. The molecule has 3 saturated heterocycles. The Morgan fingerprint density at radius 3 is 2.73 bits per heavy atom. The minimum absolute atomic E-state index is 0.0163. The summed E-state index contributed by atoms with van der Waals surface area (Å²) < 4.78 is 11.6. The summed E-state index contributed by atoms with van der Waals surface area (Å²) in [6.07, 6.45) is 3.80. The Hall–Kier alpha value is -3.57. The molecule has 10 nitrogen and oxygen atoms in total. The van der Waals surface area contributed by atoms with Crippen molar-refractivity contribution in [1.29, 1.82) is 0 Å². The van der Waals surface area contributed by atoms with E-state index in [1.807, 2.05) is 30.3 Å². The van der Waals surface area contributed by atoms with Crippen molar-refractivity contribution in [2.75, 3.05) is 32.8 Å². The van der Waals surface area contributed by atoms with Gasteiger partial charge < -0.3 is 20.3 Å². The minimum atomic E-state index is -0.887. The van der Waals surface area contributed by atoms with Crippen LogP contribution in [0.2, 0.25) is 0 Å². The number of aliphatic hydroxyl groups excluding tert-OH is 1. The SMILES string of the molecule is [NH-]/C=C(\C=Nc1ccc(C2COC2)cc1)CN1CC[C@H](Oc2ccc3c(c2)CN(C2CCC(=O)NC2=O)C3O)C1. The number of carbonyl (C=O) groups is 2. The first-order chi connectivity index (χ1) is 19.5. The zero-order chi connectivity index (χ0) is 27.6. The van der Waals surface area contributed by atoms with Crippen molar-refractivity contribution in [3.63, 3.8) is 0 Å². The van der Waals surface area contributed by atoms with Crippen LogP contribution in [0, 0.1) is 0 Å². The Kier molecular flexibility index (Phi) is 7.66. The fourth-order valence-electron chi connectivity index (χ4n) is 5.81. The van der Waals surface area contributed by atoms with Crippen molar-refractivity contribution >= 4 is 23.7 Å². The second kappa shape index (κ2) is 11.5. The first-order valence-electron chi connectivity index (χ1n) is 13.8. The third kappa shape index (κ3) is 5.66. The predicted octanol–water partition coefficient (Wildman–Crippen LogP) is 3.20. The molecule has 0 saturated carbocycles. The molecule has 4 heterocycles. The molecule has 0 aromatic heterocycles. The lowest BCUT2D eigenvalue weighted by molar-refractivity contribution is -0.141. The van der Waals surface area contributed by atoms with Crippen LogP contribution in [0.5, 0.6) is 5.75 Å². The van der Waals surface area contributed by atoms with E-state index in [9.17, 15) is 14.7 Å². The molecule has 6 rings (SSSR count). The lowest BCUT2D eigenvalue weighted by atomic mass is 9.98. The topological polar surface area (TPSA) is 128 Å². The summed E-state index contributed by atoms with van der Waals surface area (Å²) in [6, 6.07) is 13.3. The van der Waals surface area contributed by atoms with Crippen molar-refractivity contribution in [3.8, 4) is 5.75 Å². The highest BCUT2D eigenvalue weighted by atomic mass is 16.5. The predicted molar refractivity (Wildman–Crippen MR) is 149 cm³/mol. The molecule has 2 aromatic rings. The van der Waals surface area contributed by atoms with E-state index in [0.29, 0.717) is 25.4 Å². The number of carbonyl (C=O) groups excluding carboxylic acids is 2. The summed E-state index contributed by atoms with van der Waals surface area (Å²) >= 11 is 0. The number of amides is 2. The molecule has 0 bridgehead atoms. The van der Waals surface area contributed by atoms with Gasteiger partial charge in [0.05, 0.1) is 24.9 Å². The highest BCUT2D eigenvalue weighted by Gasteiger charge is 2.40. The first-order valence-corrected chi connectivity index (χ1v) is 13.8. The van der Waals surface area contributed by atoms with Crippen LogP contribution in [0.1, 0.15) is 48.1 Å². The third-order valence-corrected chi connectivity index (χ3v) is 8.18. The number of imide groups is 1. The molecule has 3 atom stereocenters. The van der Waals surface area contributed by atoms with E-state index >= 15 is 0 Å². The first kappa shape index (κ1) is 26.6. The van der Waals surface area contributed by atoms with Gasteiger partial charge in [-0.3, -0.25) is 29.7 Å². The molecule has 2 aromatic carbocycles. The number of fused-ring (bicyclic) bond motifs is 1. The minimum Gasteiger partial charge on any atom is -0.705 e. The number of nitrogens with zero attached hydrogens (tertiary/aromatic N) is 3. The van der Waals surface area contributed by atoms with E-state index in [0.717, 1.165) is 60.9 Å². The molecule has 10 heteroatoms. The summed E-state index contributed by atoms with van der Waals surface area (Å²) in [5, 5.41) is 13.2. The number of ether oxygens (including phenoxy) is 2. The van der Waals surface area contributed by atoms with Crippen molar-refractivity contribution in [3.05, 3.63) is 76.7 Å². The van der Waals surface area contributed by atoms with E-state index in [1.165, 1.54) is 11.8 Å². The van der Waals surface area contributed by atoms with E-state index in [4.69, 9.17) is 15.2 Å². The molecule has 0 aliphatic carbocycles. The normalized spacial score (nSPS) is 26.2. The molecular weight excluding hydrogens is 510 g/mol. The quantitative estimate of drug-likeness (QED) is 0.386. The van der Waals surface area contributed by atoms with Crippen LogP contribution in [0.4, 0.5) is 5.69 Å². The van der Waals surface area contributed by atoms with Crippen molar-refractivity contribution < 1.29 is 24.2 Å². The maximum absolute atomic E-state index is 12.3. The summed E-state index contributed by atoms with van der Waals surface area (Å²) in [5.74, 6) is 0.603. The molecule has 3 N–H and O–H groups in total. The summed E-state index contributed by atoms with van der Waals surface area (Å²) in [6.45, 7) is 4.22. The number of aliphatic imine (C=N–C) groups is 1. The Morgan fingerprint density at radius 1 is 1.18 bits per heavy atom. The zero-order valence-corrected chi connectivity index (χ0v) is 22.3. The van der Waals surface area contributed by atoms with Crippen LogP contribution in [0.15, 0.2) is 59.2 Å². The van der Waals surface area contributed by atoms with Gasteiger partial charge >= 0.3 is 0 Å². The van der Waals surface area contributed by atoms with E-state index in [1.54, 1.807) is 11.1 Å². The highest BCUT2D eigenvalue weighted by molar-refractivity contribution is 6.00. The number of hydrogen-bond donors (Lipinski definition) is 2. The second-order valence-electron chi connectivity index (χ2n) is 10.9. The maximum Gasteiger partial charge on any atom is 0.244 e. The molecule has 0 spiro atoms. The maximum atomic E-state index is 12.3. The number of rotatable bonds is 8. The summed E-state index contributed by atoms with van der Waals surface area (Å²) in [7, 11) is 0. The average Bonchev–Trinajstić information content (AvgIpc) is 3.49. The van der Waals surface area contributed by atoms with Gasteiger partial charge in [-0.15, -0.1) is 0 Å². The molecule has 4 aliphatic heterocycles. The number of hydrogen-bond acceptors (Lipinski definition) is 8. The Balaban J connectivity index is 1.01. The van der Waals surface area contributed by atoms with Gasteiger partial charge in [0.15, 0.2) is 0 Å². The lowest BCUT2D eigenvalue weighted by Crippen LogP contribution is -2.51. The number of aliphatic hydroxyl groups is 1. The van der Waals surface area contributed by atoms with Crippen LogP contribution in [-0.2, 0) is 20.9 Å². The zero-order valence-electron chi connectivity index (χ0n) is 22.3. The van der Waals surface area contributed by atoms with Gasteiger partial charge in [-0.05, 0) is 53.8 Å². The van der Waals surface area contributed by atoms with Crippen molar-refractivity contribution in [1.82, 2.24) is 15.1 Å². The summed E-state index contributed by atoms with van der Waals surface area (Å²) in [5.41, 5.74) is 12.5. The van der Waals surface area contributed by atoms with Crippen molar-refractivity contribution in [2.24, 2.45) is 4.99 Å². The van der Waals surface area contributed by atoms with Crippen LogP contribution in [-0.4, -0.2) is 77.9 Å². The van der Waals surface area contributed by atoms with Gasteiger partial charge in [-0.2, -0.15) is 6.20 Å². The van der Waals surface area contributed by atoms with Crippen LogP contribution < -0.4 is 10.1 Å². The van der Waals surface area contributed by atoms with Gasteiger partial charge in [0.1, 0.15) is 18.1 Å². The standard InChI is InChI=1S/C30H35N5O5/c31-12-19(13-32-23-3-1-20(2-4-23)22-17-39-18-22)14-34-10-9-25(16-34)40-24-5-6-26-21(11-24)15-35(30(26)38)27-7-8-28(36)33-29(27)37/h1-6,11-13,22,25,27,30,38H,7-10,14-18H2,(H3,31,32,33,36,37)/p-1/t25-,27?,30?/m0/s1. The molecule has 2 unspecified atom stereocenters. The smallest absolute Gasteiger partial charge is 0.244 e. The number of piperidine rings is 1. The molecule has 4 aliphatic rings. The van der Waals surface area contributed by atoms with Gasteiger partial charge in [-0.1, -0.05) is 18.2 Å². The lowest BCUT2D eigenvalue weighted by Gasteiger charge is -2.31. The Labute approximate surface area is 233 Å². The molecule has 3 fully saturated rings. The highest BCUT2D eigenvalue weighted by Crippen LogP contribution is 2.37. The molecule has 2 amide bonds. The van der Waals surface area contributed by atoms with Gasteiger partial charge in [0.2, 0.25) is 11.8 Å². The largest absolute Gasteiger partial charge is 0.705 e. The van der Waals surface area contributed by atoms with Crippen LogP contribution in [0.25, 0.3) is 5.73 Å². The van der Waals surface area contributed by atoms with Crippen LogP contribution in [0.3, 0.4) is 0 Å². The van der Waals surface area contributed by atoms with Crippen LogP contribution >= 0.6 is 0 Å². The van der Waals surface area contributed by atoms with E-state index < -0.39 is 12.3 Å². The number of nitrogens with one attached hydrogen (secondary N) is 2. The summed E-state index contributed by atoms with van der Waals surface area (Å²) in [4.78, 5) is 32.4. The average molecular weight is 545 g/mol. The molecular formula is C30H34N5O5-. The third-order valence-electron chi connectivity index (χ3n) is 8.18. The Bertz CT molecular complexity index is 1320. The van der Waals surface area contributed by atoms with Crippen molar-refractivity contribution in [2.45, 2.75) is 50.1 Å². The van der Waals surface area contributed by atoms with E-state index in [2.05, 4.69) is 27.3 Å². The molecule has 0 radical (unpaired) electrons.